The molecular weight excluding hydrogens is 420 g/mol. The Morgan fingerprint density at radius 3 is 2.41 bits per heavy atom. The van der Waals surface area contributed by atoms with E-state index in [0.29, 0.717) is 5.25 Å². The van der Waals surface area contributed by atoms with Gasteiger partial charge in [0.1, 0.15) is 5.75 Å². The number of aryl methyl sites for hydroxylation is 1. The standard InChI is InChI=1S/C27H42O4S/c1-9-27(10-2,20-11-12-21(18(3)15-20)31-17-25(29)30-8)24-16-19(4)22(32-24)13-14-23(28)26(5,6)7/h11-12,15,23-24,28H,9-10,13-14,16-17H2,1-8H3. The Morgan fingerprint density at radius 1 is 1.22 bits per heavy atom. The molecule has 1 aromatic carbocycles. The van der Waals surface area contributed by atoms with Crippen LogP contribution in [0.3, 0.4) is 0 Å². The molecule has 0 amide bonds. The zero-order chi connectivity index (χ0) is 24.1. The molecule has 0 saturated heterocycles. The van der Waals surface area contributed by atoms with E-state index in [2.05, 4.69) is 58.4 Å². The number of benzene rings is 1. The van der Waals surface area contributed by atoms with Crippen molar-refractivity contribution in [1.82, 2.24) is 0 Å². The van der Waals surface area contributed by atoms with Crippen molar-refractivity contribution in [3.63, 3.8) is 0 Å². The third-order valence-electron chi connectivity index (χ3n) is 7.10. The number of aliphatic hydroxyl groups is 1. The summed E-state index contributed by atoms with van der Waals surface area (Å²) < 4.78 is 10.3. The van der Waals surface area contributed by atoms with Crippen molar-refractivity contribution in [3.05, 3.63) is 39.8 Å². The van der Waals surface area contributed by atoms with Crippen molar-refractivity contribution < 1.29 is 19.4 Å². The number of carbonyl (C=O) groups excluding carboxylic acids is 1. The highest BCUT2D eigenvalue weighted by Gasteiger charge is 2.41. The van der Waals surface area contributed by atoms with E-state index >= 15 is 0 Å². The van der Waals surface area contributed by atoms with Gasteiger partial charge in [-0.1, -0.05) is 52.3 Å². The van der Waals surface area contributed by atoms with Crippen LogP contribution in [0.25, 0.3) is 0 Å². The molecule has 1 aliphatic heterocycles. The molecule has 2 atom stereocenters. The Balaban J connectivity index is 2.19. The number of aliphatic hydroxyl groups excluding tert-OH is 1. The second-order valence-corrected chi connectivity index (χ2v) is 11.4. The Hall–Kier alpha value is -1.46. The first kappa shape index (κ1) is 26.8. The minimum absolute atomic E-state index is 0.0714. The molecule has 0 fully saturated rings. The molecule has 0 radical (unpaired) electrons. The van der Waals surface area contributed by atoms with Crippen LogP contribution in [0.1, 0.15) is 84.8 Å². The lowest BCUT2D eigenvalue weighted by Crippen LogP contribution is -2.35. The molecule has 180 valence electrons. The lowest BCUT2D eigenvalue weighted by Gasteiger charge is -2.39. The lowest BCUT2D eigenvalue weighted by molar-refractivity contribution is -0.142. The molecule has 5 heteroatoms. The molecule has 1 aliphatic rings. The lowest BCUT2D eigenvalue weighted by atomic mass is 9.71. The van der Waals surface area contributed by atoms with Gasteiger partial charge in [-0.3, -0.25) is 0 Å². The number of allylic oxidation sites excluding steroid dienone is 2. The highest BCUT2D eigenvalue weighted by Crippen LogP contribution is 2.52. The SMILES string of the molecule is CCC(CC)(c1ccc(OCC(=O)OC)c(C)c1)C1CC(C)=C(CCC(O)C(C)(C)C)S1. The van der Waals surface area contributed by atoms with Gasteiger partial charge >= 0.3 is 5.97 Å². The molecule has 1 aromatic rings. The fourth-order valence-electron chi connectivity index (χ4n) is 4.60. The molecule has 0 saturated carbocycles. The quantitative estimate of drug-likeness (QED) is 0.398. The predicted octanol–water partition coefficient (Wildman–Crippen LogP) is 6.57. The Kier molecular flexibility index (Phi) is 9.30. The van der Waals surface area contributed by atoms with Crippen LogP contribution in [0.4, 0.5) is 0 Å². The molecule has 32 heavy (non-hydrogen) atoms. The van der Waals surface area contributed by atoms with E-state index in [1.807, 2.05) is 24.8 Å². The number of ether oxygens (including phenoxy) is 2. The molecule has 0 spiro atoms. The minimum atomic E-state index is -0.377. The van der Waals surface area contributed by atoms with Gasteiger partial charge in [-0.2, -0.15) is 0 Å². The third kappa shape index (κ3) is 6.11. The van der Waals surface area contributed by atoms with Gasteiger partial charge in [0.25, 0.3) is 0 Å². The fourth-order valence-corrected chi connectivity index (χ4v) is 6.50. The molecule has 2 unspecified atom stereocenters. The fraction of sp³-hybridized carbons (Fsp3) is 0.667. The summed E-state index contributed by atoms with van der Waals surface area (Å²) in [7, 11) is 1.37. The summed E-state index contributed by atoms with van der Waals surface area (Å²) in [5.74, 6) is 0.350. The summed E-state index contributed by atoms with van der Waals surface area (Å²) in [5.41, 5.74) is 3.85. The third-order valence-corrected chi connectivity index (χ3v) is 8.84. The highest BCUT2D eigenvalue weighted by molar-refractivity contribution is 8.04. The van der Waals surface area contributed by atoms with Crippen molar-refractivity contribution in [1.29, 1.82) is 0 Å². The predicted molar refractivity (Wildman–Crippen MR) is 134 cm³/mol. The van der Waals surface area contributed by atoms with Gasteiger partial charge in [0.15, 0.2) is 6.61 Å². The van der Waals surface area contributed by atoms with Crippen molar-refractivity contribution in [3.8, 4) is 5.75 Å². The maximum atomic E-state index is 11.4. The van der Waals surface area contributed by atoms with Gasteiger partial charge in [-0.05, 0) is 73.5 Å². The van der Waals surface area contributed by atoms with E-state index < -0.39 is 0 Å². The summed E-state index contributed by atoms with van der Waals surface area (Å²) in [4.78, 5) is 12.9. The first-order chi connectivity index (χ1) is 15.0. The summed E-state index contributed by atoms with van der Waals surface area (Å²) in [6.45, 7) is 15.1. The Labute approximate surface area is 199 Å². The normalized spacial score (nSPS) is 18.1. The number of methoxy groups -OCH3 is 1. The topological polar surface area (TPSA) is 55.8 Å². The molecule has 1 heterocycles. The van der Waals surface area contributed by atoms with Crippen LogP contribution in [0.5, 0.6) is 5.75 Å². The molecule has 1 N–H and O–H groups in total. The highest BCUT2D eigenvalue weighted by atomic mass is 32.2. The maximum Gasteiger partial charge on any atom is 0.343 e. The van der Waals surface area contributed by atoms with E-state index in [9.17, 15) is 9.90 Å². The first-order valence-corrected chi connectivity index (χ1v) is 12.7. The van der Waals surface area contributed by atoms with Crippen LogP contribution in [0, 0.1) is 12.3 Å². The van der Waals surface area contributed by atoms with Gasteiger partial charge < -0.3 is 14.6 Å². The van der Waals surface area contributed by atoms with Gasteiger partial charge in [0, 0.05) is 10.7 Å². The average Bonchev–Trinajstić information content (AvgIpc) is 3.12. The zero-order valence-corrected chi connectivity index (χ0v) is 22.0. The van der Waals surface area contributed by atoms with Crippen molar-refractivity contribution in [2.75, 3.05) is 13.7 Å². The number of carbonyl (C=O) groups is 1. The monoisotopic (exact) mass is 462 g/mol. The van der Waals surface area contributed by atoms with Crippen LogP contribution in [-0.4, -0.2) is 36.1 Å². The molecule has 2 rings (SSSR count). The van der Waals surface area contributed by atoms with Crippen LogP contribution in [0.15, 0.2) is 28.7 Å². The smallest absolute Gasteiger partial charge is 0.343 e. The Bertz CT molecular complexity index is 817. The van der Waals surface area contributed by atoms with Crippen molar-refractivity contribution >= 4 is 17.7 Å². The van der Waals surface area contributed by atoms with Gasteiger partial charge in [-0.25, -0.2) is 4.79 Å². The summed E-state index contributed by atoms with van der Waals surface area (Å²) in [6, 6.07) is 6.40. The summed E-state index contributed by atoms with van der Waals surface area (Å²) in [6.07, 6.45) is 4.69. The Morgan fingerprint density at radius 2 is 1.88 bits per heavy atom. The van der Waals surface area contributed by atoms with Gasteiger partial charge in [-0.15, -0.1) is 11.8 Å². The number of rotatable bonds is 10. The molecule has 0 aliphatic carbocycles. The molecule has 0 aromatic heterocycles. The number of hydrogen-bond donors (Lipinski definition) is 1. The van der Waals surface area contributed by atoms with E-state index in [1.54, 1.807) is 0 Å². The van der Waals surface area contributed by atoms with Crippen LogP contribution in [-0.2, 0) is 14.9 Å². The van der Waals surface area contributed by atoms with E-state index in [0.717, 1.165) is 43.4 Å². The zero-order valence-electron chi connectivity index (χ0n) is 21.2. The first-order valence-electron chi connectivity index (χ1n) is 11.8. The van der Waals surface area contributed by atoms with E-state index in [4.69, 9.17) is 4.74 Å². The van der Waals surface area contributed by atoms with Gasteiger partial charge in [0.2, 0.25) is 0 Å². The van der Waals surface area contributed by atoms with Crippen molar-refractivity contribution in [2.45, 2.75) is 97.3 Å². The maximum absolute atomic E-state index is 11.4. The van der Waals surface area contributed by atoms with E-state index in [-0.39, 0.29) is 29.5 Å². The molecule has 4 nitrogen and oxygen atoms in total. The molecule has 0 bridgehead atoms. The number of esters is 1. The average molecular weight is 463 g/mol. The summed E-state index contributed by atoms with van der Waals surface area (Å²) in [5, 5.41) is 11.0. The number of thioether (sulfide) groups is 1. The van der Waals surface area contributed by atoms with Crippen LogP contribution >= 0.6 is 11.8 Å². The van der Waals surface area contributed by atoms with Crippen molar-refractivity contribution in [2.24, 2.45) is 5.41 Å². The van der Waals surface area contributed by atoms with Gasteiger partial charge in [0.05, 0.1) is 13.2 Å². The number of hydrogen-bond acceptors (Lipinski definition) is 5. The largest absolute Gasteiger partial charge is 0.482 e. The molecular formula is C27H42O4S. The van der Waals surface area contributed by atoms with Crippen LogP contribution in [0.2, 0.25) is 0 Å². The summed E-state index contributed by atoms with van der Waals surface area (Å²) >= 11 is 2.03. The minimum Gasteiger partial charge on any atom is -0.482 e. The van der Waals surface area contributed by atoms with E-state index in [1.165, 1.54) is 23.2 Å². The van der Waals surface area contributed by atoms with Crippen LogP contribution < -0.4 is 4.74 Å². The second kappa shape index (κ2) is 11.1. The second-order valence-electron chi connectivity index (χ2n) is 10.1.